The van der Waals surface area contributed by atoms with E-state index in [9.17, 15) is 14.9 Å². The SMILES string of the molecule is CCCC1CCN(C(=O)c2cc(Cl)ncc2[N+](=O)[O-])CC1. The first-order valence-electron chi connectivity index (χ1n) is 7.12. The molecule has 2 heterocycles. The third-order valence-electron chi connectivity index (χ3n) is 3.88. The van der Waals surface area contributed by atoms with Crippen LogP contribution in [0.4, 0.5) is 5.69 Å². The highest BCUT2D eigenvalue weighted by Gasteiger charge is 2.28. The molecule has 0 unspecified atom stereocenters. The van der Waals surface area contributed by atoms with Crippen molar-refractivity contribution in [2.24, 2.45) is 5.92 Å². The van der Waals surface area contributed by atoms with E-state index >= 15 is 0 Å². The lowest BCUT2D eigenvalue weighted by Gasteiger charge is -2.31. The predicted octanol–water partition coefficient (Wildman–Crippen LogP) is 3.30. The van der Waals surface area contributed by atoms with Crippen molar-refractivity contribution in [1.82, 2.24) is 9.88 Å². The third-order valence-corrected chi connectivity index (χ3v) is 4.08. The number of hydrogen-bond donors (Lipinski definition) is 0. The molecule has 1 amide bonds. The second kappa shape index (κ2) is 6.85. The fourth-order valence-electron chi connectivity index (χ4n) is 2.74. The number of nitrogens with zero attached hydrogens (tertiary/aromatic N) is 3. The molecule has 1 saturated heterocycles. The molecule has 1 aromatic rings. The van der Waals surface area contributed by atoms with Crippen molar-refractivity contribution >= 4 is 23.2 Å². The molecule has 0 saturated carbocycles. The molecule has 0 spiro atoms. The predicted molar refractivity (Wildman–Crippen MR) is 79.4 cm³/mol. The number of carbonyl (C=O) groups is 1. The molecule has 1 aromatic heterocycles. The van der Waals surface area contributed by atoms with Crippen LogP contribution in [0.3, 0.4) is 0 Å². The maximum Gasteiger partial charge on any atom is 0.300 e. The Morgan fingerprint density at radius 1 is 1.52 bits per heavy atom. The molecule has 1 aliphatic rings. The topological polar surface area (TPSA) is 76.3 Å². The van der Waals surface area contributed by atoms with Crippen molar-refractivity contribution in [3.05, 3.63) is 33.1 Å². The maximum atomic E-state index is 12.5. The van der Waals surface area contributed by atoms with Crippen LogP contribution in [-0.2, 0) is 0 Å². The van der Waals surface area contributed by atoms with E-state index in [4.69, 9.17) is 11.6 Å². The van der Waals surface area contributed by atoms with Gasteiger partial charge in [-0.05, 0) is 24.8 Å². The smallest absolute Gasteiger partial charge is 0.300 e. The molecule has 0 bridgehead atoms. The van der Waals surface area contributed by atoms with Crippen molar-refractivity contribution in [2.45, 2.75) is 32.6 Å². The Balaban J connectivity index is 2.14. The summed E-state index contributed by atoms with van der Waals surface area (Å²) in [6, 6.07) is 1.28. The number of rotatable bonds is 4. The molecule has 2 rings (SSSR count). The Kier molecular flexibility index (Phi) is 5.12. The van der Waals surface area contributed by atoms with E-state index in [-0.39, 0.29) is 22.3 Å². The first-order valence-corrected chi connectivity index (χ1v) is 7.50. The van der Waals surface area contributed by atoms with Crippen molar-refractivity contribution in [3.63, 3.8) is 0 Å². The summed E-state index contributed by atoms with van der Waals surface area (Å²) in [7, 11) is 0. The molecular formula is C14H18ClN3O3. The maximum absolute atomic E-state index is 12.5. The summed E-state index contributed by atoms with van der Waals surface area (Å²) in [5, 5.41) is 11.1. The lowest BCUT2D eigenvalue weighted by molar-refractivity contribution is -0.385. The molecule has 6 nitrogen and oxygen atoms in total. The standard InChI is InChI=1S/C14H18ClN3O3/c1-2-3-10-4-6-17(7-5-10)14(19)11-8-13(15)16-9-12(11)18(20)21/h8-10H,2-7H2,1H3. The minimum absolute atomic E-state index is 0.0222. The van der Waals surface area contributed by atoms with Crippen molar-refractivity contribution in [1.29, 1.82) is 0 Å². The highest BCUT2D eigenvalue weighted by atomic mass is 35.5. The van der Waals surface area contributed by atoms with E-state index in [1.54, 1.807) is 4.90 Å². The fraction of sp³-hybridized carbons (Fsp3) is 0.571. The molecule has 0 aromatic carbocycles. The molecular weight excluding hydrogens is 294 g/mol. The molecule has 21 heavy (non-hydrogen) atoms. The molecule has 0 atom stereocenters. The Hall–Kier alpha value is -1.69. The van der Waals surface area contributed by atoms with Crippen LogP contribution in [0.15, 0.2) is 12.3 Å². The third kappa shape index (κ3) is 3.69. The van der Waals surface area contributed by atoms with Crippen LogP contribution in [0.25, 0.3) is 0 Å². The summed E-state index contributed by atoms with van der Waals surface area (Å²) in [5.41, 5.74) is -0.269. The van der Waals surface area contributed by atoms with Crippen LogP contribution >= 0.6 is 11.6 Å². The van der Waals surface area contributed by atoms with Gasteiger partial charge in [-0.3, -0.25) is 14.9 Å². The molecule has 1 fully saturated rings. The van der Waals surface area contributed by atoms with E-state index in [2.05, 4.69) is 11.9 Å². The van der Waals surface area contributed by atoms with Crippen LogP contribution in [0.2, 0.25) is 5.15 Å². The lowest BCUT2D eigenvalue weighted by atomic mass is 9.92. The Morgan fingerprint density at radius 2 is 2.19 bits per heavy atom. The number of pyridine rings is 1. The van der Waals surface area contributed by atoms with Crippen molar-refractivity contribution in [3.8, 4) is 0 Å². The zero-order valence-electron chi connectivity index (χ0n) is 11.9. The van der Waals surface area contributed by atoms with Gasteiger partial charge in [0, 0.05) is 13.1 Å². The molecule has 1 aliphatic heterocycles. The zero-order chi connectivity index (χ0) is 15.4. The summed E-state index contributed by atoms with van der Waals surface area (Å²) < 4.78 is 0. The average molecular weight is 312 g/mol. The monoisotopic (exact) mass is 311 g/mol. The van der Waals surface area contributed by atoms with Crippen molar-refractivity contribution < 1.29 is 9.72 Å². The number of hydrogen-bond acceptors (Lipinski definition) is 4. The number of likely N-dealkylation sites (tertiary alicyclic amines) is 1. The highest BCUT2D eigenvalue weighted by Crippen LogP contribution is 2.26. The van der Waals surface area contributed by atoms with Gasteiger partial charge in [-0.2, -0.15) is 0 Å². The fourth-order valence-corrected chi connectivity index (χ4v) is 2.90. The van der Waals surface area contributed by atoms with E-state index in [1.165, 1.54) is 12.5 Å². The van der Waals surface area contributed by atoms with E-state index in [1.807, 2.05) is 0 Å². The second-order valence-electron chi connectivity index (χ2n) is 5.31. The van der Waals surface area contributed by atoms with Gasteiger partial charge < -0.3 is 4.90 Å². The van der Waals surface area contributed by atoms with Crippen molar-refractivity contribution in [2.75, 3.05) is 13.1 Å². The van der Waals surface area contributed by atoms with Crippen LogP contribution in [0, 0.1) is 16.0 Å². The van der Waals surface area contributed by atoms with Crippen LogP contribution in [0.5, 0.6) is 0 Å². The summed E-state index contributed by atoms with van der Waals surface area (Å²) in [5.74, 6) is 0.316. The van der Waals surface area contributed by atoms with Gasteiger partial charge in [-0.25, -0.2) is 4.98 Å². The molecule has 0 N–H and O–H groups in total. The second-order valence-corrected chi connectivity index (χ2v) is 5.69. The van der Waals surface area contributed by atoms with Gasteiger partial charge in [0.2, 0.25) is 0 Å². The first-order chi connectivity index (χ1) is 10.0. The number of nitro groups is 1. The molecule has 7 heteroatoms. The quantitative estimate of drug-likeness (QED) is 0.485. The minimum atomic E-state index is -0.597. The van der Waals surface area contributed by atoms with Gasteiger partial charge in [-0.15, -0.1) is 0 Å². The minimum Gasteiger partial charge on any atom is -0.338 e. The lowest BCUT2D eigenvalue weighted by Crippen LogP contribution is -2.38. The highest BCUT2D eigenvalue weighted by molar-refractivity contribution is 6.29. The van der Waals surface area contributed by atoms with Gasteiger partial charge in [0.25, 0.3) is 11.6 Å². The van der Waals surface area contributed by atoms with Gasteiger partial charge >= 0.3 is 0 Å². The Bertz CT molecular complexity index is 542. The number of halogens is 1. The van der Waals surface area contributed by atoms with E-state index < -0.39 is 4.92 Å². The number of piperidine rings is 1. The molecule has 0 aliphatic carbocycles. The Morgan fingerprint density at radius 3 is 2.76 bits per heavy atom. The summed E-state index contributed by atoms with van der Waals surface area (Å²) >= 11 is 5.76. The van der Waals surface area contributed by atoms with Gasteiger partial charge in [0.05, 0.1) is 4.92 Å². The number of amides is 1. The van der Waals surface area contributed by atoms with Gasteiger partial charge in [0.1, 0.15) is 16.9 Å². The molecule has 0 radical (unpaired) electrons. The summed E-state index contributed by atoms with van der Waals surface area (Å²) in [6.07, 6.45) is 5.26. The Labute approximate surface area is 128 Å². The summed E-state index contributed by atoms with van der Waals surface area (Å²) in [6.45, 7) is 3.43. The number of carbonyl (C=O) groups excluding carboxylic acids is 1. The largest absolute Gasteiger partial charge is 0.338 e. The van der Waals surface area contributed by atoms with Crippen LogP contribution in [-0.4, -0.2) is 33.8 Å². The number of aromatic nitrogens is 1. The van der Waals surface area contributed by atoms with Gasteiger partial charge in [-0.1, -0.05) is 31.4 Å². The molecule has 114 valence electrons. The van der Waals surface area contributed by atoms with Crippen LogP contribution < -0.4 is 0 Å². The van der Waals surface area contributed by atoms with E-state index in [0.717, 1.165) is 25.5 Å². The zero-order valence-corrected chi connectivity index (χ0v) is 12.7. The normalized spacial score (nSPS) is 16.0. The first kappa shape index (κ1) is 15.7. The van der Waals surface area contributed by atoms with Crippen LogP contribution in [0.1, 0.15) is 43.0 Å². The van der Waals surface area contributed by atoms with E-state index in [0.29, 0.717) is 19.0 Å². The summed E-state index contributed by atoms with van der Waals surface area (Å²) in [4.78, 5) is 28.2. The average Bonchev–Trinajstić information content (AvgIpc) is 2.47. The van der Waals surface area contributed by atoms with Gasteiger partial charge in [0.15, 0.2) is 0 Å².